The van der Waals surface area contributed by atoms with Crippen LogP contribution in [0, 0.1) is 0 Å². The van der Waals surface area contributed by atoms with Crippen molar-refractivity contribution in [3.05, 3.63) is 77.9 Å². The molecule has 0 saturated carbocycles. The molecule has 2 rings (SSSR count). The summed E-state index contributed by atoms with van der Waals surface area (Å²) in [6, 6.07) is 17.4. The Labute approximate surface area is 126 Å². The Balaban J connectivity index is 2.24. The topological polar surface area (TPSA) is 29.1 Å². The van der Waals surface area contributed by atoms with Crippen LogP contribution in [0.15, 0.2) is 61.2 Å². The molecule has 0 aliphatic rings. The quantitative estimate of drug-likeness (QED) is 0.884. The number of rotatable bonds is 4. The standard InChI is InChI=1S/C19H21NO/c1-14(2)16-11-8-12-17(13-16)19(3,4)20-18(21)15-9-6-5-7-10-15/h5-13H,1H2,2-4H3,(H,20,21). The summed E-state index contributed by atoms with van der Waals surface area (Å²) < 4.78 is 0. The van der Waals surface area contributed by atoms with Gasteiger partial charge in [-0.3, -0.25) is 4.79 Å². The maximum Gasteiger partial charge on any atom is 0.251 e. The van der Waals surface area contributed by atoms with Crippen molar-refractivity contribution < 1.29 is 4.79 Å². The first-order valence-electron chi connectivity index (χ1n) is 7.04. The van der Waals surface area contributed by atoms with E-state index < -0.39 is 5.54 Å². The van der Waals surface area contributed by atoms with Crippen molar-refractivity contribution in [3.8, 4) is 0 Å². The smallest absolute Gasteiger partial charge is 0.251 e. The molecular formula is C19H21NO. The molecule has 108 valence electrons. The Bertz CT molecular complexity index is 656. The van der Waals surface area contributed by atoms with E-state index in [1.54, 1.807) is 0 Å². The van der Waals surface area contributed by atoms with Gasteiger partial charge in [0.2, 0.25) is 0 Å². The normalized spacial score (nSPS) is 11.0. The zero-order valence-electron chi connectivity index (χ0n) is 12.8. The second kappa shape index (κ2) is 5.96. The van der Waals surface area contributed by atoms with E-state index in [1.807, 2.05) is 69.3 Å². The minimum atomic E-state index is -0.446. The second-order valence-corrected chi connectivity index (χ2v) is 5.81. The van der Waals surface area contributed by atoms with Crippen LogP contribution in [0.4, 0.5) is 0 Å². The number of carbonyl (C=O) groups is 1. The first-order chi connectivity index (χ1) is 9.90. The van der Waals surface area contributed by atoms with Gasteiger partial charge in [0.05, 0.1) is 5.54 Å². The van der Waals surface area contributed by atoms with E-state index in [0.29, 0.717) is 5.56 Å². The monoisotopic (exact) mass is 279 g/mol. The van der Waals surface area contributed by atoms with Gasteiger partial charge in [-0.25, -0.2) is 0 Å². The van der Waals surface area contributed by atoms with E-state index >= 15 is 0 Å². The molecule has 0 aliphatic heterocycles. The van der Waals surface area contributed by atoms with Crippen LogP contribution in [-0.2, 0) is 5.54 Å². The van der Waals surface area contributed by atoms with Crippen molar-refractivity contribution in [3.63, 3.8) is 0 Å². The number of amides is 1. The van der Waals surface area contributed by atoms with Gasteiger partial charge < -0.3 is 5.32 Å². The SMILES string of the molecule is C=C(C)c1cccc(C(C)(C)NC(=O)c2ccccc2)c1. The van der Waals surface area contributed by atoms with Gasteiger partial charge in [-0.1, -0.05) is 48.6 Å². The molecule has 0 atom stereocenters. The van der Waals surface area contributed by atoms with Crippen LogP contribution in [0.3, 0.4) is 0 Å². The lowest BCUT2D eigenvalue weighted by molar-refractivity contribution is 0.0912. The Kier molecular flexibility index (Phi) is 4.27. The number of nitrogens with one attached hydrogen (secondary N) is 1. The molecule has 0 bridgehead atoms. The van der Waals surface area contributed by atoms with Gasteiger partial charge in [0.15, 0.2) is 0 Å². The molecule has 0 spiro atoms. The van der Waals surface area contributed by atoms with Crippen molar-refractivity contribution in [1.29, 1.82) is 0 Å². The highest BCUT2D eigenvalue weighted by atomic mass is 16.1. The fourth-order valence-electron chi connectivity index (χ4n) is 2.19. The van der Waals surface area contributed by atoms with Crippen molar-refractivity contribution >= 4 is 11.5 Å². The fraction of sp³-hybridized carbons (Fsp3) is 0.211. The molecule has 0 heterocycles. The molecule has 0 aliphatic carbocycles. The predicted octanol–water partition coefficient (Wildman–Crippen LogP) is 4.38. The number of hydrogen-bond acceptors (Lipinski definition) is 1. The molecule has 0 radical (unpaired) electrons. The van der Waals surface area contributed by atoms with E-state index in [0.717, 1.165) is 16.7 Å². The van der Waals surface area contributed by atoms with E-state index in [1.165, 1.54) is 0 Å². The third-order valence-corrected chi connectivity index (χ3v) is 3.54. The van der Waals surface area contributed by atoms with E-state index in [4.69, 9.17) is 0 Å². The fourth-order valence-corrected chi connectivity index (χ4v) is 2.19. The van der Waals surface area contributed by atoms with Crippen LogP contribution in [0.5, 0.6) is 0 Å². The maximum atomic E-state index is 12.3. The third-order valence-electron chi connectivity index (χ3n) is 3.54. The summed E-state index contributed by atoms with van der Waals surface area (Å²) >= 11 is 0. The third kappa shape index (κ3) is 3.60. The lowest BCUT2D eigenvalue weighted by Crippen LogP contribution is -2.41. The molecule has 2 nitrogen and oxygen atoms in total. The highest BCUT2D eigenvalue weighted by molar-refractivity contribution is 5.94. The average molecular weight is 279 g/mol. The van der Waals surface area contributed by atoms with Crippen LogP contribution in [0.1, 0.15) is 42.3 Å². The van der Waals surface area contributed by atoms with E-state index in [2.05, 4.69) is 18.0 Å². The Hall–Kier alpha value is -2.35. The largest absolute Gasteiger partial charge is 0.343 e. The molecule has 1 amide bonds. The number of allylic oxidation sites excluding steroid dienone is 1. The first kappa shape index (κ1) is 15.0. The van der Waals surface area contributed by atoms with Gasteiger partial charge in [0, 0.05) is 5.56 Å². The van der Waals surface area contributed by atoms with Crippen molar-refractivity contribution in [2.75, 3.05) is 0 Å². The summed E-state index contributed by atoms with van der Waals surface area (Å²) in [5.41, 5.74) is 3.39. The van der Waals surface area contributed by atoms with Crippen LogP contribution in [0.2, 0.25) is 0 Å². The average Bonchev–Trinajstić information content (AvgIpc) is 2.48. The molecular weight excluding hydrogens is 258 g/mol. The maximum absolute atomic E-state index is 12.3. The zero-order chi connectivity index (χ0) is 15.5. The zero-order valence-corrected chi connectivity index (χ0v) is 12.8. The van der Waals surface area contributed by atoms with Crippen molar-refractivity contribution in [2.24, 2.45) is 0 Å². The summed E-state index contributed by atoms with van der Waals surface area (Å²) in [6.45, 7) is 9.96. The summed E-state index contributed by atoms with van der Waals surface area (Å²) in [6.07, 6.45) is 0. The second-order valence-electron chi connectivity index (χ2n) is 5.81. The van der Waals surface area contributed by atoms with Gasteiger partial charge in [-0.2, -0.15) is 0 Å². The highest BCUT2D eigenvalue weighted by Gasteiger charge is 2.23. The molecule has 2 aromatic rings. The number of benzene rings is 2. The minimum absolute atomic E-state index is 0.0682. The minimum Gasteiger partial charge on any atom is -0.343 e. The van der Waals surface area contributed by atoms with Crippen LogP contribution in [0.25, 0.3) is 5.57 Å². The van der Waals surface area contributed by atoms with Crippen LogP contribution >= 0.6 is 0 Å². The molecule has 1 N–H and O–H groups in total. The number of carbonyl (C=O) groups excluding carboxylic acids is 1. The highest BCUT2D eigenvalue weighted by Crippen LogP contribution is 2.24. The lowest BCUT2D eigenvalue weighted by atomic mass is 9.91. The Morgan fingerprint density at radius 2 is 1.62 bits per heavy atom. The van der Waals surface area contributed by atoms with Gasteiger partial charge in [-0.05, 0) is 50.1 Å². The first-order valence-corrected chi connectivity index (χ1v) is 7.04. The summed E-state index contributed by atoms with van der Waals surface area (Å²) in [5, 5.41) is 3.09. The summed E-state index contributed by atoms with van der Waals surface area (Å²) in [5.74, 6) is -0.0682. The molecule has 2 aromatic carbocycles. The van der Waals surface area contributed by atoms with E-state index in [-0.39, 0.29) is 5.91 Å². The Morgan fingerprint density at radius 3 is 2.24 bits per heavy atom. The van der Waals surface area contributed by atoms with Gasteiger partial charge >= 0.3 is 0 Å². The molecule has 21 heavy (non-hydrogen) atoms. The number of hydrogen-bond donors (Lipinski definition) is 1. The van der Waals surface area contributed by atoms with E-state index in [9.17, 15) is 4.79 Å². The van der Waals surface area contributed by atoms with Gasteiger partial charge in [0.1, 0.15) is 0 Å². The predicted molar refractivity (Wildman–Crippen MR) is 88.1 cm³/mol. The molecule has 2 heteroatoms. The van der Waals surface area contributed by atoms with Crippen LogP contribution in [-0.4, -0.2) is 5.91 Å². The lowest BCUT2D eigenvalue weighted by Gasteiger charge is -2.27. The Morgan fingerprint density at radius 1 is 1.00 bits per heavy atom. The van der Waals surface area contributed by atoms with Crippen molar-refractivity contribution in [1.82, 2.24) is 5.32 Å². The van der Waals surface area contributed by atoms with Crippen molar-refractivity contribution in [2.45, 2.75) is 26.3 Å². The molecule has 0 unspecified atom stereocenters. The van der Waals surface area contributed by atoms with Gasteiger partial charge in [-0.15, -0.1) is 0 Å². The molecule has 0 saturated heterocycles. The molecule has 0 aromatic heterocycles. The summed E-state index contributed by atoms with van der Waals surface area (Å²) in [4.78, 5) is 12.3. The molecule has 0 fully saturated rings. The summed E-state index contributed by atoms with van der Waals surface area (Å²) in [7, 11) is 0. The van der Waals surface area contributed by atoms with Crippen LogP contribution < -0.4 is 5.32 Å². The van der Waals surface area contributed by atoms with Gasteiger partial charge in [0.25, 0.3) is 5.91 Å².